The fourth-order valence-corrected chi connectivity index (χ4v) is 2.48. The lowest BCUT2D eigenvalue weighted by Crippen LogP contribution is -2.40. The van der Waals surface area contributed by atoms with Crippen molar-refractivity contribution in [1.29, 1.82) is 0 Å². The van der Waals surface area contributed by atoms with Crippen LogP contribution in [0.5, 0.6) is 0 Å². The second kappa shape index (κ2) is 5.68. The van der Waals surface area contributed by atoms with Gasteiger partial charge in [-0.15, -0.1) is 0 Å². The highest BCUT2D eigenvalue weighted by atomic mass is 16.5. The highest BCUT2D eigenvalue weighted by Crippen LogP contribution is 2.47. The van der Waals surface area contributed by atoms with Crippen molar-refractivity contribution in [1.82, 2.24) is 4.90 Å². The van der Waals surface area contributed by atoms with Crippen LogP contribution in [0.15, 0.2) is 0 Å². The molecule has 2 aliphatic rings. The Morgan fingerprint density at radius 1 is 1.41 bits per heavy atom. The summed E-state index contributed by atoms with van der Waals surface area (Å²) in [6.07, 6.45) is 4.20. The summed E-state index contributed by atoms with van der Waals surface area (Å²) < 4.78 is 11.4. The summed E-state index contributed by atoms with van der Waals surface area (Å²) in [6, 6.07) is 0.564. The van der Waals surface area contributed by atoms with Gasteiger partial charge in [0.05, 0.1) is 19.3 Å². The maximum Gasteiger partial charge on any atom is 0.0619 e. The van der Waals surface area contributed by atoms with Crippen LogP contribution in [0.2, 0.25) is 0 Å². The largest absolute Gasteiger partial charge is 0.380 e. The number of ether oxygens (including phenoxy) is 2. The molecule has 0 N–H and O–H groups in total. The highest BCUT2D eigenvalue weighted by molar-refractivity contribution is 4.96. The molecule has 1 atom stereocenters. The van der Waals surface area contributed by atoms with E-state index in [0.717, 1.165) is 19.8 Å². The summed E-state index contributed by atoms with van der Waals surface area (Å²) in [4.78, 5) is 2.60. The molecule has 0 aromatic rings. The lowest BCUT2D eigenvalue weighted by Gasteiger charge is -2.30. The predicted molar refractivity (Wildman–Crippen MR) is 69.2 cm³/mol. The lowest BCUT2D eigenvalue weighted by molar-refractivity contribution is 0.0235. The first-order valence-electron chi connectivity index (χ1n) is 7.05. The average molecular weight is 241 g/mol. The second-order valence-corrected chi connectivity index (χ2v) is 6.11. The number of hydrogen-bond acceptors (Lipinski definition) is 3. The Morgan fingerprint density at radius 2 is 2.18 bits per heavy atom. The molecule has 0 aromatic heterocycles. The first-order valence-corrected chi connectivity index (χ1v) is 7.05. The van der Waals surface area contributed by atoms with Gasteiger partial charge in [0, 0.05) is 31.2 Å². The zero-order valence-electron chi connectivity index (χ0n) is 11.6. The van der Waals surface area contributed by atoms with Crippen LogP contribution in [-0.2, 0) is 9.47 Å². The molecule has 0 amide bonds. The van der Waals surface area contributed by atoms with Crippen molar-refractivity contribution in [3.05, 3.63) is 0 Å². The van der Waals surface area contributed by atoms with Crippen LogP contribution < -0.4 is 0 Å². The van der Waals surface area contributed by atoms with Crippen LogP contribution in [-0.4, -0.2) is 50.0 Å². The van der Waals surface area contributed by atoms with Crippen molar-refractivity contribution in [2.24, 2.45) is 5.41 Å². The van der Waals surface area contributed by atoms with Crippen LogP contribution in [0.4, 0.5) is 0 Å². The summed E-state index contributed by atoms with van der Waals surface area (Å²) in [5, 5.41) is 0. The summed E-state index contributed by atoms with van der Waals surface area (Å²) in [5.41, 5.74) is 0.461. The standard InChI is InChI=1S/C14H27NO2/c1-12(2)17-11-14(5-6-14)10-15-7-4-8-16-9-13(15)3/h12-13H,4-11H2,1-3H3. The molecule has 0 bridgehead atoms. The van der Waals surface area contributed by atoms with E-state index in [1.165, 1.54) is 32.4 Å². The molecule has 0 spiro atoms. The smallest absolute Gasteiger partial charge is 0.0619 e. The predicted octanol–water partition coefficient (Wildman–Crippen LogP) is 2.30. The van der Waals surface area contributed by atoms with Gasteiger partial charge in [0.25, 0.3) is 0 Å². The molecule has 1 saturated carbocycles. The zero-order valence-corrected chi connectivity index (χ0v) is 11.6. The van der Waals surface area contributed by atoms with E-state index in [4.69, 9.17) is 9.47 Å². The van der Waals surface area contributed by atoms with Crippen molar-refractivity contribution in [2.45, 2.75) is 52.2 Å². The SMILES string of the molecule is CC(C)OCC1(CN2CCCOCC2C)CC1. The Morgan fingerprint density at radius 3 is 2.82 bits per heavy atom. The Balaban J connectivity index is 1.82. The van der Waals surface area contributed by atoms with Crippen LogP contribution in [0.1, 0.15) is 40.0 Å². The molecule has 100 valence electrons. The molecule has 1 heterocycles. The van der Waals surface area contributed by atoms with Crippen LogP contribution in [0.3, 0.4) is 0 Å². The third-order valence-corrected chi connectivity index (χ3v) is 3.93. The van der Waals surface area contributed by atoms with Crippen LogP contribution in [0.25, 0.3) is 0 Å². The third-order valence-electron chi connectivity index (χ3n) is 3.93. The van der Waals surface area contributed by atoms with Crippen LogP contribution >= 0.6 is 0 Å². The monoisotopic (exact) mass is 241 g/mol. The van der Waals surface area contributed by atoms with Crippen molar-refractivity contribution in [3.8, 4) is 0 Å². The third kappa shape index (κ3) is 3.94. The van der Waals surface area contributed by atoms with Gasteiger partial charge in [-0.3, -0.25) is 4.90 Å². The molecular formula is C14H27NO2. The first kappa shape index (κ1) is 13.3. The Hall–Kier alpha value is -0.120. The number of hydrogen-bond donors (Lipinski definition) is 0. The van der Waals surface area contributed by atoms with E-state index in [2.05, 4.69) is 25.7 Å². The van der Waals surface area contributed by atoms with Gasteiger partial charge < -0.3 is 9.47 Å². The van der Waals surface area contributed by atoms with Crippen LogP contribution in [0, 0.1) is 5.41 Å². The van der Waals surface area contributed by atoms with Gasteiger partial charge in [0.2, 0.25) is 0 Å². The van der Waals surface area contributed by atoms with Gasteiger partial charge in [-0.25, -0.2) is 0 Å². The molecule has 1 unspecified atom stereocenters. The van der Waals surface area contributed by atoms with E-state index in [1.807, 2.05) is 0 Å². The first-order chi connectivity index (χ1) is 8.11. The maximum atomic E-state index is 5.82. The van der Waals surface area contributed by atoms with Gasteiger partial charge in [0.15, 0.2) is 0 Å². The van der Waals surface area contributed by atoms with E-state index in [0.29, 0.717) is 17.6 Å². The molecule has 2 rings (SSSR count). The van der Waals surface area contributed by atoms with E-state index in [1.54, 1.807) is 0 Å². The Labute approximate surface area is 105 Å². The van der Waals surface area contributed by atoms with E-state index >= 15 is 0 Å². The highest BCUT2D eigenvalue weighted by Gasteiger charge is 2.45. The molecule has 1 aliphatic carbocycles. The molecule has 0 radical (unpaired) electrons. The minimum atomic E-state index is 0.359. The minimum absolute atomic E-state index is 0.359. The average Bonchev–Trinajstić information content (AvgIpc) is 3.06. The second-order valence-electron chi connectivity index (χ2n) is 6.11. The van der Waals surface area contributed by atoms with E-state index < -0.39 is 0 Å². The summed E-state index contributed by atoms with van der Waals surface area (Å²) in [7, 11) is 0. The van der Waals surface area contributed by atoms with Gasteiger partial charge >= 0.3 is 0 Å². The normalized spacial score (nSPS) is 29.3. The van der Waals surface area contributed by atoms with Gasteiger partial charge in [-0.05, 0) is 40.0 Å². The fraction of sp³-hybridized carbons (Fsp3) is 1.00. The van der Waals surface area contributed by atoms with Gasteiger partial charge in [0.1, 0.15) is 0 Å². The molecule has 3 nitrogen and oxygen atoms in total. The maximum absolute atomic E-state index is 5.82. The van der Waals surface area contributed by atoms with E-state index in [9.17, 15) is 0 Å². The Kier molecular flexibility index (Phi) is 4.45. The topological polar surface area (TPSA) is 21.7 Å². The molecule has 17 heavy (non-hydrogen) atoms. The van der Waals surface area contributed by atoms with Crippen molar-refractivity contribution in [3.63, 3.8) is 0 Å². The quantitative estimate of drug-likeness (QED) is 0.737. The fourth-order valence-electron chi connectivity index (χ4n) is 2.48. The molecule has 0 aromatic carbocycles. The Bertz CT molecular complexity index is 238. The van der Waals surface area contributed by atoms with Crippen molar-refractivity contribution >= 4 is 0 Å². The molecule has 3 heteroatoms. The van der Waals surface area contributed by atoms with Gasteiger partial charge in [-0.2, -0.15) is 0 Å². The molecule has 2 fully saturated rings. The number of rotatable bonds is 5. The lowest BCUT2D eigenvalue weighted by atomic mass is 10.1. The molecule has 1 aliphatic heterocycles. The minimum Gasteiger partial charge on any atom is -0.380 e. The van der Waals surface area contributed by atoms with E-state index in [-0.39, 0.29) is 0 Å². The summed E-state index contributed by atoms with van der Waals surface area (Å²) in [5.74, 6) is 0. The zero-order chi connectivity index (χ0) is 12.3. The number of nitrogens with zero attached hydrogens (tertiary/aromatic N) is 1. The molecular weight excluding hydrogens is 214 g/mol. The van der Waals surface area contributed by atoms with Gasteiger partial charge in [-0.1, -0.05) is 0 Å². The summed E-state index contributed by atoms with van der Waals surface area (Å²) in [6.45, 7) is 11.7. The van der Waals surface area contributed by atoms with Crippen molar-refractivity contribution in [2.75, 3.05) is 32.9 Å². The summed E-state index contributed by atoms with van der Waals surface area (Å²) >= 11 is 0. The molecule has 1 saturated heterocycles. The van der Waals surface area contributed by atoms with Crippen molar-refractivity contribution < 1.29 is 9.47 Å².